The molecule has 0 radical (unpaired) electrons. The fourth-order valence-corrected chi connectivity index (χ4v) is 4.07. The minimum Gasteiger partial charge on any atom is -0.369 e. The van der Waals surface area contributed by atoms with Crippen LogP contribution in [0.5, 0.6) is 0 Å². The van der Waals surface area contributed by atoms with Gasteiger partial charge in [0.05, 0.1) is 11.6 Å². The van der Waals surface area contributed by atoms with Gasteiger partial charge in [0, 0.05) is 43.4 Å². The third-order valence-corrected chi connectivity index (χ3v) is 5.61. The predicted molar refractivity (Wildman–Crippen MR) is 107 cm³/mol. The summed E-state index contributed by atoms with van der Waals surface area (Å²) >= 11 is 0. The van der Waals surface area contributed by atoms with E-state index in [4.69, 9.17) is 0 Å². The first-order valence-corrected chi connectivity index (χ1v) is 9.37. The van der Waals surface area contributed by atoms with Crippen LogP contribution in [0.25, 0.3) is 10.9 Å². The second kappa shape index (κ2) is 6.76. The van der Waals surface area contributed by atoms with Crippen molar-refractivity contribution >= 4 is 16.6 Å². The van der Waals surface area contributed by atoms with Gasteiger partial charge in [-0.05, 0) is 67.8 Å². The van der Waals surface area contributed by atoms with E-state index in [0.717, 1.165) is 37.1 Å². The summed E-state index contributed by atoms with van der Waals surface area (Å²) in [6, 6.07) is 12.0. The molecule has 1 atom stereocenters. The lowest BCUT2D eigenvalue weighted by molar-refractivity contribution is 0.588. The van der Waals surface area contributed by atoms with Crippen molar-refractivity contribution in [3.8, 4) is 0 Å². The van der Waals surface area contributed by atoms with E-state index in [1.54, 1.807) is 12.1 Å². The smallest absolute Gasteiger partial charge is 0.125 e. The van der Waals surface area contributed by atoms with Crippen LogP contribution < -0.4 is 10.2 Å². The van der Waals surface area contributed by atoms with Crippen LogP contribution in [-0.4, -0.2) is 30.7 Å². The van der Waals surface area contributed by atoms with E-state index in [2.05, 4.69) is 60.0 Å². The minimum absolute atomic E-state index is 0.149. The van der Waals surface area contributed by atoms with Crippen LogP contribution in [0.3, 0.4) is 0 Å². The van der Waals surface area contributed by atoms with Crippen molar-refractivity contribution in [3.05, 3.63) is 65.1 Å². The summed E-state index contributed by atoms with van der Waals surface area (Å²) < 4.78 is 16.1. The second-order valence-corrected chi connectivity index (χ2v) is 7.33. The molecule has 0 saturated carbocycles. The van der Waals surface area contributed by atoms with Crippen LogP contribution in [0.15, 0.2) is 42.6 Å². The Bertz CT molecular complexity index is 938. The molecule has 0 amide bonds. The van der Waals surface area contributed by atoms with Gasteiger partial charge in [0.2, 0.25) is 0 Å². The molecule has 1 aliphatic rings. The molecule has 1 aromatic heterocycles. The first-order chi connectivity index (χ1) is 12.5. The fraction of sp³-hybridized carbons (Fsp3) is 0.364. The topological polar surface area (TPSA) is 20.2 Å². The maximum atomic E-state index is 13.9. The molecule has 0 spiro atoms. The Morgan fingerprint density at radius 2 is 1.77 bits per heavy atom. The third kappa shape index (κ3) is 2.99. The van der Waals surface area contributed by atoms with E-state index in [-0.39, 0.29) is 11.9 Å². The van der Waals surface area contributed by atoms with Crippen molar-refractivity contribution in [3.63, 3.8) is 0 Å². The van der Waals surface area contributed by atoms with Crippen LogP contribution in [0.4, 0.5) is 10.1 Å². The van der Waals surface area contributed by atoms with E-state index in [1.807, 2.05) is 6.07 Å². The van der Waals surface area contributed by atoms with Crippen LogP contribution in [0.2, 0.25) is 0 Å². The van der Waals surface area contributed by atoms with Gasteiger partial charge in [-0.3, -0.25) is 0 Å². The van der Waals surface area contributed by atoms with Crippen molar-refractivity contribution in [2.24, 2.45) is 0 Å². The van der Waals surface area contributed by atoms with Crippen LogP contribution in [0, 0.1) is 19.7 Å². The average molecular weight is 351 g/mol. The number of hydrogen-bond acceptors (Lipinski definition) is 2. The molecule has 1 N–H and O–H groups in total. The molecule has 2 aromatic carbocycles. The van der Waals surface area contributed by atoms with Crippen molar-refractivity contribution in [2.75, 3.05) is 31.1 Å². The molecule has 26 heavy (non-hydrogen) atoms. The van der Waals surface area contributed by atoms with Crippen LogP contribution in [0.1, 0.15) is 29.7 Å². The van der Waals surface area contributed by atoms with Gasteiger partial charge in [-0.1, -0.05) is 6.07 Å². The number of piperazine rings is 1. The van der Waals surface area contributed by atoms with Crippen molar-refractivity contribution in [1.29, 1.82) is 0 Å². The lowest BCUT2D eigenvalue weighted by Crippen LogP contribution is -2.43. The standard InChI is InChI=1S/C22H26FN3/c1-15-4-6-19(25-10-8-24-9-11-25)13-21(15)17(3)26-14-16(2)20-7-5-18(23)12-22(20)26/h4-7,12-14,17,24H,8-11H2,1-3H3. The van der Waals surface area contributed by atoms with Crippen LogP contribution >= 0.6 is 0 Å². The minimum atomic E-state index is -0.185. The molecular weight excluding hydrogens is 325 g/mol. The molecule has 1 fully saturated rings. The van der Waals surface area contributed by atoms with Gasteiger partial charge in [-0.2, -0.15) is 0 Å². The highest BCUT2D eigenvalue weighted by Crippen LogP contribution is 2.31. The Morgan fingerprint density at radius 1 is 1.00 bits per heavy atom. The molecule has 0 aliphatic carbocycles. The Morgan fingerprint density at radius 3 is 2.54 bits per heavy atom. The number of anilines is 1. The summed E-state index contributed by atoms with van der Waals surface area (Å²) in [5.41, 5.74) is 5.98. The van der Waals surface area contributed by atoms with Gasteiger partial charge in [0.15, 0.2) is 0 Å². The molecule has 2 heterocycles. The van der Waals surface area contributed by atoms with E-state index in [9.17, 15) is 4.39 Å². The van der Waals surface area contributed by atoms with Crippen LogP contribution in [-0.2, 0) is 0 Å². The highest BCUT2D eigenvalue weighted by atomic mass is 19.1. The summed E-state index contributed by atoms with van der Waals surface area (Å²) in [5.74, 6) is -0.185. The Hall–Kier alpha value is -2.33. The molecule has 1 unspecified atom stereocenters. The lowest BCUT2D eigenvalue weighted by Gasteiger charge is -2.30. The number of nitrogens with zero attached hydrogens (tertiary/aromatic N) is 2. The Labute approximate surface area is 154 Å². The molecule has 3 nitrogen and oxygen atoms in total. The highest BCUT2D eigenvalue weighted by molar-refractivity contribution is 5.84. The number of rotatable bonds is 3. The third-order valence-electron chi connectivity index (χ3n) is 5.61. The van der Waals surface area contributed by atoms with E-state index < -0.39 is 0 Å². The fourth-order valence-electron chi connectivity index (χ4n) is 4.07. The maximum Gasteiger partial charge on any atom is 0.125 e. The van der Waals surface area contributed by atoms with E-state index >= 15 is 0 Å². The molecule has 1 saturated heterocycles. The predicted octanol–water partition coefficient (Wildman–Crippen LogP) is 4.42. The average Bonchev–Trinajstić information content (AvgIpc) is 2.98. The van der Waals surface area contributed by atoms with E-state index in [0.29, 0.717) is 0 Å². The van der Waals surface area contributed by atoms with Gasteiger partial charge in [-0.15, -0.1) is 0 Å². The van der Waals surface area contributed by atoms with Crippen molar-refractivity contribution in [2.45, 2.75) is 26.8 Å². The highest BCUT2D eigenvalue weighted by Gasteiger charge is 2.18. The first kappa shape index (κ1) is 17.1. The molecule has 4 rings (SSSR count). The van der Waals surface area contributed by atoms with Gasteiger partial charge in [-0.25, -0.2) is 4.39 Å². The first-order valence-electron chi connectivity index (χ1n) is 9.37. The maximum absolute atomic E-state index is 13.9. The molecule has 1 aliphatic heterocycles. The van der Waals surface area contributed by atoms with Gasteiger partial charge >= 0.3 is 0 Å². The van der Waals surface area contributed by atoms with Gasteiger partial charge in [0.25, 0.3) is 0 Å². The summed E-state index contributed by atoms with van der Waals surface area (Å²) in [5, 5.41) is 4.53. The summed E-state index contributed by atoms with van der Waals surface area (Å²) in [7, 11) is 0. The zero-order valence-corrected chi connectivity index (χ0v) is 15.7. The number of halogens is 1. The molecule has 136 valence electrons. The van der Waals surface area contributed by atoms with Crippen molar-refractivity contribution in [1.82, 2.24) is 9.88 Å². The Kier molecular flexibility index (Phi) is 4.45. The number of nitrogens with one attached hydrogen (secondary N) is 1. The summed E-state index contributed by atoms with van der Waals surface area (Å²) in [6.45, 7) is 10.6. The normalized spacial score (nSPS) is 16.2. The molecule has 4 heteroatoms. The number of aromatic nitrogens is 1. The quantitative estimate of drug-likeness (QED) is 0.754. The molecular formula is C22H26FN3. The number of aryl methyl sites for hydroxylation is 2. The Balaban J connectivity index is 1.76. The monoisotopic (exact) mass is 351 g/mol. The number of fused-ring (bicyclic) bond motifs is 1. The summed E-state index contributed by atoms with van der Waals surface area (Å²) in [4.78, 5) is 2.44. The number of benzene rings is 2. The molecule has 0 bridgehead atoms. The SMILES string of the molecule is Cc1ccc(N2CCNCC2)cc1C(C)n1cc(C)c2ccc(F)cc21. The number of hydrogen-bond donors (Lipinski definition) is 1. The lowest BCUT2D eigenvalue weighted by atomic mass is 10.0. The largest absolute Gasteiger partial charge is 0.369 e. The zero-order valence-electron chi connectivity index (χ0n) is 15.7. The van der Waals surface area contributed by atoms with Crippen molar-refractivity contribution < 1.29 is 4.39 Å². The summed E-state index contributed by atoms with van der Waals surface area (Å²) in [6.07, 6.45) is 2.14. The molecule has 3 aromatic rings. The van der Waals surface area contributed by atoms with Gasteiger partial charge < -0.3 is 14.8 Å². The van der Waals surface area contributed by atoms with E-state index in [1.165, 1.54) is 22.4 Å². The second-order valence-electron chi connectivity index (χ2n) is 7.33. The van der Waals surface area contributed by atoms with Gasteiger partial charge in [0.1, 0.15) is 5.82 Å². The zero-order chi connectivity index (χ0) is 18.3.